The first-order valence-electron chi connectivity index (χ1n) is 15.9. The first-order chi connectivity index (χ1) is 21.9. The number of fused-ring (bicyclic) bond motifs is 2. The lowest BCUT2D eigenvalue weighted by atomic mass is 10.0. The van der Waals surface area contributed by atoms with Crippen LogP contribution in [0.2, 0.25) is 0 Å². The first kappa shape index (κ1) is 34.7. The van der Waals surface area contributed by atoms with Crippen LogP contribution in [0, 0.1) is 5.82 Å². The SMILES string of the molecule is COC(=O)C1CCC=CCCCCCC(NC(=O)OC(C)(C)C)C(=O)N2CC(OC(=O)N3Cc4cccc(F)c4C3)CC2C(=O)N1. The number of alkyl carbamates (subject to hydrolysis) is 1. The molecule has 2 N–H and O–H groups in total. The molecule has 4 rings (SSSR count). The Morgan fingerprint density at radius 3 is 2.50 bits per heavy atom. The third kappa shape index (κ3) is 9.20. The molecule has 46 heavy (non-hydrogen) atoms. The lowest BCUT2D eigenvalue weighted by molar-refractivity contribution is -0.146. The maximum atomic E-state index is 14.3. The third-order valence-corrected chi connectivity index (χ3v) is 8.24. The number of carbonyl (C=O) groups is 5. The van der Waals surface area contributed by atoms with Crippen molar-refractivity contribution in [3.8, 4) is 0 Å². The van der Waals surface area contributed by atoms with E-state index in [1.165, 1.54) is 23.0 Å². The van der Waals surface area contributed by atoms with E-state index in [9.17, 15) is 28.4 Å². The summed E-state index contributed by atoms with van der Waals surface area (Å²) in [6.07, 6.45) is 5.87. The maximum absolute atomic E-state index is 14.3. The fourth-order valence-corrected chi connectivity index (χ4v) is 5.95. The molecule has 12 nitrogen and oxygen atoms in total. The average molecular weight is 645 g/mol. The molecular weight excluding hydrogens is 599 g/mol. The third-order valence-electron chi connectivity index (χ3n) is 8.24. The van der Waals surface area contributed by atoms with Gasteiger partial charge in [-0.05, 0) is 64.5 Å². The van der Waals surface area contributed by atoms with E-state index in [-0.39, 0.29) is 26.1 Å². The number of carbonyl (C=O) groups excluding carboxylic acids is 5. The Balaban J connectivity index is 1.56. The molecule has 0 saturated carbocycles. The van der Waals surface area contributed by atoms with Crippen LogP contribution in [-0.4, -0.2) is 83.3 Å². The largest absolute Gasteiger partial charge is 0.467 e. The molecule has 252 valence electrons. The minimum atomic E-state index is -1.10. The molecule has 13 heteroatoms. The smallest absolute Gasteiger partial charge is 0.410 e. The van der Waals surface area contributed by atoms with Crippen LogP contribution in [0.3, 0.4) is 0 Å². The summed E-state index contributed by atoms with van der Waals surface area (Å²) in [4.78, 5) is 69.0. The van der Waals surface area contributed by atoms with Crippen LogP contribution in [0.25, 0.3) is 0 Å². The number of rotatable bonds is 3. The number of allylic oxidation sites excluding steroid dienone is 2. The molecule has 1 aromatic rings. The molecule has 0 radical (unpaired) electrons. The number of ether oxygens (including phenoxy) is 3. The van der Waals surface area contributed by atoms with Crippen LogP contribution in [-0.2, 0) is 41.7 Å². The minimum Gasteiger partial charge on any atom is -0.467 e. The number of benzene rings is 1. The summed E-state index contributed by atoms with van der Waals surface area (Å²) in [5.41, 5.74) is 0.304. The molecular formula is C33H45FN4O8. The van der Waals surface area contributed by atoms with Gasteiger partial charge >= 0.3 is 18.2 Å². The second-order valence-electron chi connectivity index (χ2n) is 13.0. The number of methoxy groups -OCH3 is 1. The van der Waals surface area contributed by atoms with Crippen molar-refractivity contribution in [1.29, 1.82) is 0 Å². The molecule has 3 heterocycles. The highest BCUT2D eigenvalue weighted by atomic mass is 19.1. The van der Waals surface area contributed by atoms with Gasteiger partial charge in [-0.2, -0.15) is 0 Å². The minimum absolute atomic E-state index is 0.0363. The molecule has 1 fully saturated rings. The van der Waals surface area contributed by atoms with Crippen molar-refractivity contribution in [2.45, 2.75) is 115 Å². The summed E-state index contributed by atoms with van der Waals surface area (Å²) in [5.74, 6) is -2.16. The maximum Gasteiger partial charge on any atom is 0.410 e. The van der Waals surface area contributed by atoms with Crippen LogP contribution >= 0.6 is 0 Å². The van der Waals surface area contributed by atoms with Crippen molar-refractivity contribution in [2.24, 2.45) is 0 Å². The second kappa shape index (κ2) is 15.4. The molecule has 3 aliphatic rings. The van der Waals surface area contributed by atoms with Gasteiger partial charge in [0.25, 0.3) is 0 Å². The van der Waals surface area contributed by atoms with Gasteiger partial charge in [0.05, 0.1) is 20.2 Å². The van der Waals surface area contributed by atoms with E-state index in [4.69, 9.17) is 14.2 Å². The molecule has 4 atom stereocenters. The molecule has 3 aliphatic heterocycles. The monoisotopic (exact) mass is 644 g/mol. The summed E-state index contributed by atoms with van der Waals surface area (Å²) in [6, 6.07) is 1.60. The van der Waals surface area contributed by atoms with Gasteiger partial charge in [0.15, 0.2) is 0 Å². The van der Waals surface area contributed by atoms with Crippen molar-refractivity contribution in [3.63, 3.8) is 0 Å². The highest BCUT2D eigenvalue weighted by Crippen LogP contribution is 2.28. The van der Waals surface area contributed by atoms with Gasteiger partial charge in [0.2, 0.25) is 11.8 Å². The molecule has 0 spiro atoms. The lowest BCUT2D eigenvalue weighted by Gasteiger charge is -2.30. The normalized spacial score (nSPS) is 24.5. The van der Waals surface area contributed by atoms with E-state index < -0.39 is 65.6 Å². The standard InChI is InChI=1S/C33H45FN4O8/c1-33(2,3)46-31(42)36-25-15-10-8-6-5-7-9-11-16-26(30(41)44-4)35-28(39)27-17-22(19-38(27)29(25)40)45-32(43)37-18-21-13-12-14-24(34)23(21)20-37/h7,9,12-14,22,25-27H,5-6,8,10-11,15-20H2,1-4H3,(H,35,39)(H,36,42). The van der Waals surface area contributed by atoms with Gasteiger partial charge in [-0.1, -0.05) is 37.1 Å². The number of nitrogens with zero attached hydrogens (tertiary/aromatic N) is 2. The van der Waals surface area contributed by atoms with Gasteiger partial charge < -0.3 is 29.7 Å². The molecule has 0 aromatic heterocycles. The van der Waals surface area contributed by atoms with Crippen molar-refractivity contribution in [3.05, 3.63) is 47.3 Å². The van der Waals surface area contributed by atoms with Gasteiger partial charge in [-0.25, -0.2) is 18.8 Å². The molecule has 1 saturated heterocycles. The van der Waals surface area contributed by atoms with Crippen molar-refractivity contribution < 1.29 is 42.6 Å². The van der Waals surface area contributed by atoms with E-state index in [1.807, 2.05) is 12.2 Å². The van der Waals surface area contributed by atoms with E-state index in [1.54, 1.807) is 32.9 Å². The topological polar surface area (TPSA) is 144 Å². The molecule has 0 bridgehead atoms. The zero-order valence-corrected chi connectivity index (χ0v) is 27.0. The summed E-state index contributed by atoms with van der Waals surface area (Å²) in [5, 5.41) is 5.41. The zero-order valence-electron chi connectivity index (χ0n) is 27.0. The number of halogens is 1. The van der Waals surface area contributed by atoms with Crippen LogP contribution in [0.5, 0.6) is 0 Å². The predicted molar refractivity (Wildman–Crippen MR) is 165 cm³/mol. The van der Waals surface area contributed by atoms with E-state index in [0.29, 0.717) is 36.8 Å². The fraction of sp³-hybridized carbons (Fsp3) is 0.606. The number of nitrogens with one attached hydrogen (secondary N) is 2. The van der Waals surface area contributed by atoms with Crippen LogP contribution < -0.4 is 10.6 Å². The van der Waals surface area contributed by atoms with E-state index in [0.717, 1.165) is 19.3 Å². The highest BCUT2D eigenvalue weighted by Gasteiger charge is 2.45. The zero-order chi connectivity index (χ0) is 33.4. The summed E-state index contributed by atoms with van der Waals surface area (Å²) in [7, 11) is 1.24. The molecule has 0 aliphatic carbocycles. The van der Waals surface area contributed by atoms with Crippen molar-refractivity contribution >= 4 is 30.0 Å². The molecule has 1 aromatic carbocycles. The lowest BCUT2D eigenvalue weighted by Crippen LogP contribution is -2.55. The molecule has 4 amide bonds. The Hall–Kier alpha value is -4.16. The van der Waals surface area contributed by atoms with Crippen molar-refractivity contribution in [2.75, 3.05) is 13.7 Å². The molecule has 4 unspecified atom stereocenters. The van der Waals surface area contributed by atoms with Crippen molar-refractivity contribution in [1.82, 2.24) is 20.4 Å². The van der Waals surface area contributed by atoms with Crippen LogP contribution in [0.15, 0.2) is 30.4 Å². The number of esters is 1. The summed E-state index contributed by atoms with van der Waals surface area (Å²) < 4.78 is 30.4. The van der Waals surface area contributed by atoms with Crippen LogP contribution in [0.1, 0.15) is 83.3 Å². The van der Waals surface area contributed by atoms with Gasteiger partial charge in [0, 0.05) is 18.5 Å². The highest BCUT2D eigenvalue weighted by molar-refractivity contribution is 5.93. The Morgan fingerprint density at radius 1 is 1.02 bits per heavy atom. The second-order valence-corrected chi connectivity index (χ2v) is 13.0. The Kier molecular flexibility index (Phi) is 11.6. The Bertz CT molecular complexity index is 1330. The van der Waals surface area contributed by atoms with Crippen LogP contribution in [0.4, 0.5) is 14.0 Å². The number of hydrogen-bond donors (Lipinski definition) is 2. The van der Waals surface area contributed by atoms with Gasteiger partial charge in [-0.15, -0.1) is 0 Å². The average Bonchev–Trinajstić information content (AvgIpc) is 3.62. The number of amides is 4. The quantitative estimate of drug-likeness (QED) is 0.285. The van der Waals surface area contributed by atoms with Gasteiger partial charge in [0.1, 0.15) is 35.6 Å². The predicted octanol–water partition coefficient (Wildman–Crippen LogP) is 4.10. The Morgan fingerprint density at radius 2 is 1.78 bits per heavy atom. The van der Waals surface area contributed by atoms with Gasteiger partial charge in [-0.3, -0.25) is 14.5 Å². The number of hydrogen-bond acceptors (Lipinski definition) is 8. The summed E-state index contributed by atoms with van der Waals surface area (Å²) in [6.45, 7) is 5.23. The Labute approximate surface area is 269 Å². The van der Waals surface area contributed by atoms with E-state index >= 15 is 0 Å². The first-order valence-corrected chi connectivity index (χ1v) is 15.9. The summed E-state index contributed by atoms with van der Waals surface area (Å²) >= 11 is 0. The van der Waals surface area contributed by atoms with E-state index in [2.05, 4.69) is 10.6 Å². The fourth-order valence-electron chi connectivity index (χ4n) is 5.95.